The van der Waals surface area contributed by atoms with Crippen LogP contribution in [0.25, 0.3) is 0 Å². The van der Waals surface area contributed by atoms with Gasteiger partial charge >= 0.3 is 0 Å². The Morgan fingerprint density at radius 1 is 1.36 bits per heavy atom. The topological polar surface area (TPSA) is 52.5 Å². The minimum Gasteiger partial charge on any atom is -0.508 e. The lowest BCUT2D eigenvalue weighted by Crippen LogP contribution is -2.19. The highest BCUT2D eigenvalue weighted by Crippen LogP contribution is 2.18. The maximum absolute atomic E-state index is 9.59. The Balaban J connectivity index is 2.03. The fraction of sp³-hybridized carbons (Fsp3) is 0.455. The van der Waals surface area contributed by atoms with E-state index in [1.807, 2.05) is 12.1 Å². The molecule has 1 fully saturated rings. The van der Waals surface area contributed by atoms with Crippen molar-refractivity contribution in [3.05, 3.63) is 29.8 Å². The van der Waals surface area contributed by atoms with Crippen LogP contribution in [0.2, 0.25) is 0 Å². The Morgan fingerprint density at radius 2 is 2.21 bits per heavy atom. The number of aliphatic hydroxyl groups is 1. The summed E-state index contributed by atoms with van der Waals surface area (Å²) in [5, 5.41) is 22.0. The van der Waals surface area contributed by atoms with Crippen LogP contribution in [0.5, 0.6) is 5.75 Å². The van der Waals surface area contributed by atoms with Crippen LogP contribution >= 0.6 is 0 Å². The van der Waals surface area contributed by atoms with Gasteiger partial charge < -0.3 is 15.5 Å². The molecule has 1 aliphatic heterocycles. The van der Waals surface area contributed by atoms with Crippen LogP contribution in [-0.2, 0) is 6.42 Å². The molecule has 0 aliphatic carbocycles. The SMILES string of the molecule is Oc1cccc(CC2CNCC2O)c1. The van der Waals surface area contributed by atoms with Gasteiger partial charge in [0.1, 0.15) is 5.75 Å². The molecule has 1 aromatic carbocycles. The summed E-state index contributed by atoms with van der Waals surface area (Å²) < 4.78 is 0. The first-order valence-corrected chi connectivity index (χ1v) is 4.92. The number of nitrogens with one attached hydrogen (secondary N) is 1. The first kappa shape index (κ1) is 9.49. The highest BCUT2D eigenvalue weighted by Gasteiger charge is 2.24. The molecule has 0 aromatic heterocycles. The minimum absolute atomic E-state index is 0.252. The first-order chi connectivity index (χ1) is 6.75. The molecule has 1 aromatic rings. The van der Waals surface area contributed by atoms with Gasteiger partial charge in [0, 0.05) is 19.0 Å². The molecule has 0 saturated carbocycles. The van der Waals surface area contributed by atoms with Gasteiger partial charge in [-0.2, -0.15) is 0 Å². The number of hydrogen-bond acceptors (Lipinski definition) is 3. The lowest BCUT2D eigenvalue weighted by Gasteiger charge is -2.12. The predicted octanol–water partition coefficient (Wildman–Crippen LogP) is 0.515. The Morgan fingerprint density at radius 3 is 2.86 bits per heavy atom. The summed E-state index contributed by atoms with van der Waals surface area (Å²) in [6.07, 6.45) is 0.570. The van der Waals surface area contributed by atoms with E-state index in [0.29, 0.717) is 12.3 Å². The van der Waals surface area contributed by atoms with E-state index in [4.69, 9.17) is 0 Å². The van der Waals surface area contributed by atoms with Gasteiger partial charge in [0.25, 0.3) is 0 Å². The van der Waals surface area contributed by atoms with Crippen molar-refractivity contribution < 1.29 is 10.2 Å². The van der Waals surface area contributed by atoms with E-state index < -0.39 is 0 Å². The van der Waals surface area contributed by atoms with E-state index in [-0.39, 0.29) is 12.0 Å². The zero-order valence-corrected chi connectivity index (χ0v) is 7.98. The molecule has 2 atom stereocenters. The number of aliphatic hydroxyl groups excluding tert-OH is 1. The summed E-state index contributed by atoms with van der Waals surface area (Å²) in [7, 11) is 0. The van der Waals surface area contributed by atoms with E-state index in [9.17, 15) is 10.2 Å². The molecule has 0 radical (unpaired) electrons. The van der Waals surface area contributed by atoms with Crippen molar-refractivity contribution in [2.45, 2.75) is 12.5 Å². The average molecular weight is 193 g/mol. The van der Waals surface area contributed by atoms with Crippen LogP contribution in [0.15, 0.2) is 24.3 Å². The summed E-state index contributed by atoms with van der Waals surface area (Å²) in [5.74, 6) is 0.569. The minimum atomic E-state index is -0.252. The molecule has 2 unspecified atom stereocenters. The molecule has 2 rings (SSSR count). The maximum atomic E-state index is 9.59. The highest BCUT2D eigenvalue weighted by molar-refractivity contribution is 5.27. The Hall–Kier alpha value is -1.06. The Labute approximate surface area is 83.4 Å². The van der Waals surface area contributed by atoms with Crippen molar-refractivity contribution in [3.63, 3.8) is 0 Å². The molecule has 3 N–H and O–H groups in total. The van der Waals surface area contributed by atoms with Crippen molar-refractivity contribution in [2.75, 3.05) is 13.1 Å². The number of rotatable bonds is 2. The highest BCUT2D eigenvalue weighted by atomic mass is 16.3. The normalized spacial score (nSPS) is 26.6. The molecule has 76 valence electrons. The number of aromatic hydroxyl groups is 1. The third-order valence-corrected chi connectivity index (χ3v) is 2.71. The average Bonchev–Trinajstić information content (AvgIpc) is 2.52. The van der Waals surface area contributed by atoms with Gasteiger partial charge in [0.05, 0.1) is 6.10 Å². The molecular formula is C11H15NO2. The van der Waals surface area contributed by atoms with Crippen LogP contribution < -0.4 is 5.32 Å². The van der Waals surface area contributed by atoms with E-state index in [1.54, 1.807) is 12.1 Å². The molecule has 1 saturated heterocycles. The largest absolute Gasteiger partial charge is 0.508 e. The molecular weight excluding hydrogens is 178 g/mol. The molecule has 1 aliphatic rings. The zero-order chi connectivity index (χ0) is 9.97. The number of benzene rings is 1. The van der Waals surface area contributed by atoms with Crippen LogP contribution in [0, 0.1) is 5.92 Å². The Bertz CT molecular complexity index is 314. The summed E-state index contributed by atoms with van der Waals surface area (Å²) in [6.45, 7) is 1.54. The molecule has 3 nitrogen and oxygen atoms in total. The zero-order valence-electron chi connectivity index (χ0n) is 7.98. The van der Waals surface area contributed by atoms with Crippen molar-refractivity contribution in [1.29, 1.82) is 0 Å². The van der Waals surface area contributed by atoms with Gasteiger partial charge in [0.2, 0.25) is 0 Å². The Kier molecular flexibility index (Phi) is 2.70. The molecule has 0 bridgehead atoms. The van der Waals surface area contributed by atoms with Crippen molar-refractivity contribution in [1.82, 2.24) is 5.32 Å². The third kappa shape index (κ3) is 2.05. The standard InChI is InChI=1S/C11H15NO2/c13-10-3-1-2-8(5-10)4-9-6-12-7-11(9)14/h1-3,5,9,11-14H,4,6-7H2. The lowest BCUT2D eigenvalue weighted by atomic mass is 9.97. The van der Waals surface area contributed by atoms with Crippen LogP contribution in [0.3, 0.4) is 0 Å². The number of phenols is 1. The van der Waals surface area contributed by atoms with Crippen LogP contribution in [-0.4, -0.2) is 29.4 Å². The van der Waals surface area contributed by atoms with Crippen molar-refractivity contribution in [3.8, 4) is 5.75 Å². The number of hydrogen-bond donors (Lipinski definition) is 3. The van der Waals surface area contributed by atoms with Crippen molar-refractivity contribution in [2.24, 2.45) is 5.92 Å². The van der Waals surface area contributed by atoms with Gasteiger partial charge in [-0.25, -0.2) is 0 Å². The fourth-order valence-electron chi connectivity index (χ4n) is 1.91. The van der Waals surface area contributed by atoms with E-state index >= 15 is 0 Å². The van der Waals surface area contributed by atoms with E-state index in [2.05, 4.69) is 5.32 Å². The fourth-order valence-corrected chi connectivity index (χ4v) is 1.91. The van der Waals surface area contributed by atoms with E-state index in [0.717, 1.165) is 18.5 Å². The quantitative estimate of drug-likeness (QED) is 0.641. The van der Waals surface area contributed by atoms with Crippen LogP contribution in [0.4, 0.5) is 0 Å². The predicted molar refractivity (Wildman–Crippen MR) is 54.2 cm³/mol. The van der Waals surface area contributed by atoms with Gasteiger partial charge in [-0.3, -0.25) is 0 Å². The smallest absolute Gasteiger partial charge is 0.115 e. The second kappa shape index (κ2) is 3.98. The molecule has 1 heterocycles. The summed E-state index contributed by atoms with van der Waals surface area (Å²) in [5.41, 5.74) is 1.08. The van der Waals surface area contributed by atoms with Crippen molar-refractivity contribution >= 4 is 0 Å². The van der Waals surface area contributed by atoms with Gasteiger partial charge in [0.15, 0.2) is 0 Å². The third-order valence-electron chi connectivity index (χ3n) is 2.71. The van der Waals surface area contributed by atoms with Gasteiger partial charge in [-0.15, -0.1) is 0 Å². The van der Waals surface area contributed by atoms with E-state index in [1.165, 1.54) is 0 Å². The number of β-amino-alcohol motifs (C(OH)–C–C–N with tert-alkyl or cyclic N) is 1. The molecule has 14 heavy (non-hydrogen) atoms. The maximum Gasteiger partial charge on any atom is 0.115 e. The number of phenolic OH excluding ortho intramolecular Hbond substituents is 1. The van der Waals surface area contributed by atoms with Gasteiger partial charge in [-0.05, 0) is 24.1 Å². The second-order valence-electron chi connectivity index (χ2n) is 3.86. The summed E-state index contributed by atoms with van der Waals surface area (Å²) in [6, 6.07) is 7.22. The monoisotopic (exact) mass is 193 g/mol. The van der Waals surface area contributed by atoms with Crippen LogP contribution in [0.1, 0.15) is 5.56 Å². The van der Waals surface area contributed by atoms with Gasteiger partial charge in [-0.1, -0.05) is 12.1 Å². The molecule has 0 amide bonds. The second-order valence-corrected chi connectivity index (χ2v) is 3.86. The molecule has 3 heteroatoms. The summed E-state index contributed by atoms with van der Waals surface area (Å²) in [4.78, 5) is 0. The lowest BCUT2D eigenvalue weighted by molar-refractivity contribution is 0.147. The summed E-state index contributed by atoms with van der Waals surface area (Å²) >= 11 is 0. The first-order valence-electron chi connectivity index (χ1n) is 4.92. The molecule has 0 spiro atoms.